The third-order valence-corrected chi connectivity index (χ3v) is 6.59. The Labute approximate surface area is 151 Å². The fourth-order valence-electron chi connectivity index (χ4n) is 3.24. The van der Waals surface area contributed by atoms with Crippen LogP contribution in [0.1, 0.15) is 18.4 Å². The third kappa shape index (κ3) is 3.91. The Bertz CT molecular complexity index is 895. The van der Waals surface area contributed by atoms with Gasteiger partial charge in [0.05, 0.1) is 9.82 Å². The highest BCUT2D eigenvalue weighted by atomic mass is 32.2. The van der Waals surface area contributed by atoms with E-state index in [0.717, 1.165) is 37.5 Å². The molecule has 0 saturated carbocycles. The first-order valence-electron chi connectivity index (χ1n) is 8.36. The topological polar surface area (TPSA) is 80.5 Å². The van der Waals surface area contributed by atoms with Crippen molar-refractivity contribution < 1.29 is 17.7 Å². The van der Waals surface area contributed by atoms with Gasteiger partial charge < -0.3 is 0 Å². The fourth-order valence-corrected chi connectivity index (χ4v) is 4.73. The Morgan fingerprint density at radius 1 is 1.12 bits per heavy atom. The molecule has 0 bridgehead atoms. The summed E-state index contributed by atoms with van der Waals surface area (Å²) in [5.74, 6) is -0.651. The summed E-state index contributed by atoms with van der Waals surface area (Å²) in [4.78, 5) is 9.69. The average molecular weight is 378 g/mol. The summed E-state index contributed by atoms with van der Waals surface area (Å²) in [7, 11) is -3.87. The van der Waals surface area contributed by atoms with E-state index in [1.165, 1.54) is 9.87 Å². The molecule has 6 nitrogen and oxygen atoms in total. The monoisotopic (exact) mass is 378 g/mol. The molecule has 0 unspecified atom stereocenters. The molecule has 0 aromatic heterocycles. The van der Waals surface area contributed by atoms with Crippen LogP contribution >= 0.6 is 0 Å². The van der Waals surface area contributed by atoms with Crippen LogP contribution in [0.15, 0.2) is 53.4 Å². The van der Waals surface area contributed by atoms with Gasteiger partial charge in [-0.05, 0) is 42.9 Å². The summed E-state index contributed by atoms with van der Waals surface area (Å²) in [6.07, 6.45) is 2.34. The third-order valence-electron chi connectivity index (χ3n) is 4.69. The summed E-state index contributed by atoms with van der Waals surface area (Å²) in [5, 5.41) is 10.9. The van der Waals surface area contributed by atoms with Crippen LogP contribution in [0.2, 0.25) is 0 Å². The lowest BCUT2D eigenvalue weighted by Crippen LogP contribution is -2.38. The van der Waals surface area contributed by atoms with Crippen LogP contribution in [-0.4, -0.2) is 30.7 Å². The number of benzene rings is 2. The molecule has 138 valence electrons. The van der Waals surface area contributed by atoms with E-state index in [0.29, 0.717) is 19.0 Å². The number of piperidine rings is 1. The number of sulfonamides is 1. The van der Waals surface area contributed by atoms with Crippen LogP contribution in [0.4, 0.5) is 10.1 Å². The van der Waals surface area contributed by atoms with Gasteiger partial charge in [0.25, 0.3) is 0 Å². The zero-order valence-corrected chi connectivity index (χ0v) is 14.9. The number of hydrogen-bond acceptors (Lipinski definition) is 4. The zero-order valence-electron chi connectivity index (χ0n) is 14.0. The SMILES string of the molecule is O=[N+]([O-])c1cc(S(=O)(=O)N2CCC(Cc3ccccc3)CC2)ccc1F. The van der Waals surface area contributed by atoms with Gasteiger partial charge in [-0.15, -0.1) is 0 Å². The number of halogens is 1. The van der Waals surface area contributed by atoms with E-state index < -0.39 is 26.5 Å². The highest BCUT2D eigenvalue weighted by Crippen LogP contribution is 2.28. The average Bonchev–Trinajstić information content (AvgIpc) is 2.63. The standard InChI is InChI=1S/C18H19FN2O4S/c19-17-7-6-16(13-18(17)21(22)23)26(24,25)20-10-8-15(9-11-20)12-14-4-2-1-3-5-14/h1-7,13,15H,8-12H2. The summed E-state index contributed by atoms with van der Waals surface area (Å²) in [5.41, 5.74) is 0.396. The van der Waals surface area contributed by atoms with Crippen molar-refractivity contribution in [2.75, 3.05) is 13.1 Å². The van der Waals surface area contributed by atoms with Crippen LogP contribution in [-0.2, 0) is 16.4 Å². The minimum absolute atomic E-state index is 0.243. The summed E-state index contributed by atoms with van der Waals surface area (Å²) in [6, 6.07) is 12.7. The first-order chi connectivity index (χ1) is 12.4. The molecule has 1 fully saturated rings. The van der Waals surface area contributed by atoms with Gasteiger partial charge in [0.1, 0.15) is 0 Å². The minimum Gasteiger partial charge on any atom is -0.258 e. The fraction of sp³-hybridized carbons (Fsp3) is 0.333. The minimum atomic E-state index is -3.87. The van der Waals surface area contributed by atoms with Gasteiger partial charge >= 0.3 is 5.69 Å². The van der Waals surface area contributed by atoms with E-state index >= 15 is 0 Å². The molecule has 26 heavy (non-hydrogen) atoms. The first-order valence-corrected chi connectivity index (χ1v) is 9.80. The lowest BCUT2D eigenvalue weighted by atomic mass is 9.91. The molecular formula is C18H19FN2O4S. The molecule has 2 aromatic carbocycles. The van der Waals surface area contributed by atoms with E-state index in [9.17, 15) is 22.9 Å². The number of rotatable bonds is 5. The lowest BCUT2D eigenvalue weighted by molar-refractivity contribution is -0.387. The van der Waals surface area contributed by atoms with Gasteiger partial charge in [0, 0.05) is 19.2 Å². The number of nitro groups is 1. The van der Waals surface area contributed by atoms with Gasteiger partial charge in [-0.25, -0.2) is 8.42 Å². The Hall–Kier alpha value is -2.32. The second kappa shape index (κ2) is 7.51. The van der Waals surface area contributed by atoms with Crippen LogP contribution in [0, 0.1) is 21.8 Å². The zero-order chi connectivity index (χ0) is 18.7. The Morgan fingerprint density at radius 2 is 1.77 bits per heavy atom. The molecule has 2 aromatic rings. The van der Waals surface area contributed by atoms with Gasteiger partial charge in [0.15, 0.2) is 0 Å². The van der Waals surface area contributed by atoms with Crippen molar-refractivity contribution in [1.82, 2.24) is 4.31 Å². The van der Waals surface area contributed by atoms with Crippen LogP contribution < -0.4 is 0 Å². The molecule has 3 rings (SSSR count). The predicted molar refractivity (Wildman–Crippen MR) is 94.7 cm³/mol. The molecule has 0 N–H and O–H groups in total. The summed E-state index contributed by atoms with van der Waals surface area (Å²) < 4.78 is 40.2. The van der Waals surface area contributed by atoms with E-state index in [1.54, 1.807) is 0 Å². The summed E-state index contributed by atoms with van der Waals surface area (Å²) >= 11 is 0. The van der Waals surface area contributed by atoms with Crippen molar-refractivity contribution in [3.63, 3.8) is 0 Å². The molecule has 0 radical (unpaired) electrons. The Kier molecular flexibility index (Phi) is 5.33. The van der Waals surface area contributed by atoms with Crippen molar-refractivity contribution in [2.45, 2.75) is 24.2 Å². The molecule has 1 heterocycles. The Balaban J connectivity index is 1.70. The van der Waals surface area contributed by atoms with Gasteiger partial charge in [-0.1, -0.05) is 30.3 Å². The smallest absolute Gasteiger partial charge is 0.258 e. The van der Waals surface area contributed by atoms with Crippen molar-refractivity contribution in [3.05, 3.63) is 70.0 Å². The van der Waals surface area contributed by atoms with E-state index in [-0.39, 0.29) is 4.90 Å². The molecule has 8 heteroatoms. The van der Waals surface area contributed by atoms with Gasteiger partial charge in [0.2, 0.25) is 15.8 Å². The molecule has 1 saturated heterocycles. The maximum atomic E-state index is 13.5. The van der Waals surface area contributed by atoms with Gasteiger partial charge in [-0.3, -0.25) is 10.1 Å². The molecule has 0 aliphatic carbocycles. The van der Waals surface area contributed by atoms with Gasteiger partial charge in [-0.2, -0.15) is 8.70 Å². The maximum absolute atomic E-state index is 13.5. The van der Waals surface area contributed by atoms with Crippen LogP contribution in [0.3, 0.4) is 0 Å². The molecule has 0 amide bonds. The molecule has 1 aliphatic rings. The van der Waals surface area contributed by atoms with Crippen molar-refractivity contribution >= 4 is 15.7 Å². The first kappa shape index (κ1) is 18.5. The normalized spacial score (nSPS) is 16.5. The lowest BCUT2D eigenvalue weighted by Gasteiger charge is -2.31. The Morgan fingerprint density at radius 3 is 2.38 bits per heavy atom. The van der Waals surface area contributed by atoms with E-state index in [4.69, 9.17) is 0 Å². The van der Waals surface area contributed by atoms with Crippen molar-refractivity contribution in [3.8, 4) is 0 Å². The van der Waals surface area contributed by atoms with Crippen molar-refractivity contribution in [1.29, 1.82) is 0 Å². The van der Waals surface area contributed by atoms with Crippen molar-refractivity contribution in [2.24, 2.45) is 5.92 Å². The molecule has 0 spiro atoms. The van der Waals surface area contributed by atoms with Crippen LogP contribution in [0.25, 0.3) is 0 Å². The van der Waals surface area contributed by atoms with E-state index in [2.05, 4.69) is 12.1 Å². The number of nitrogens with zero attached hydrogens (tertiary/aromatic N) is 2. The number of nitro benzene ring substituents is 1. The maximum Gasteiger partial charge on any atom is 0.306 e. The van der Waals surface area contributed by atoms with Crippen LogP contribution in [0.5, 0.6) is 0 Å². The second-order valence-electron chi connectivity index (χ2n) is 6.41. The van der Waals surface area contributed by atoms with E-state index in [1.807, 2.05) is 18.2 Å². The quantitative estimate of drug-likeness (QED) is 0.590. The second-order valence-corrected chi connectivity index (χ2v) is 8.35. The molecule has 0 atom stereocenters. The number of hydrogen-bond donors (Lipinski definition) is 0. The summed E-state index contributed by atoms with van der Waals surface area (Å²) in [6.45, 7) is 0.704. The largest absolute Gasteiger partial charge is 0.306 e. The highest BCUT2D eigenvalue weighted by Gasteiger charge is 2.31. The predicted octanol–water partition coefficient (Wildman–Crippen LogP) is 3.38. The molecule has 1 aliphatic heterocycles. The molecular weight excluding hydrogens is 359 g/mol. The highest BCUT2D eigenvalue weighted by molar-refractivity contribution is 7.89.